The Morgan fingerprint density at radius 3 is 1.97 bits per heavy atom. The minimum absolute atomic E-state index is 0.0289. The fourth-order valence-electron chi connectivity index (χ4n) is 3.46. The van der Waals surface area contributed by atoms with Crippen LogP contribution in [0.15, 0.2) is 107 Å². The molecule has 3 aromatic carbocycles. The number of benzene rings is 3. The molecule has 0 bridgehead atoms. The van der Waals surface area contributed by atoms with Gasteiger partial charge in [0.25, 0.3) is 10.0 Å². The van der Waals surface area contributed by atoms with Gasteiger partial charge in [0.15, 0.2) is 0 Å². The second-order valence-corrected chi connectivity index (χ2v) is 10.3. The fourth-order valence-corrected chi connectivity index (χ4v) is 5.99. The normalized spacial score (nSPS) is 11.3. The topological polar surface area (TPSA) is 66.5 Å². The van der Waals surface area contributed by atoms with Crippen LogP contribution in [0.3, 0.4) is 0 Å². The third-order valence-electron chi connectivity index (χ3n) is 5.02. The van der Waals surface area contributed by atoms with Crippen molar-refractivity contribution in [1.82, 2.24) is 5.32 Å². The first kappa shape index (κ1) is 22.7. The van der Waals surface area contributed by atoms with Gasteiger partial charge in [0, 0.05) is 0 Å². The summed E-state index contributed by atoms with van der Waals surface area (Å²) in [7, 11) is -4.14. The van der Waals surface area contributed by atoms with Crippen LogP contribution in [0.5, 0.6) is 0 Å². The molecule has 0 saturated carbocycles. The summed E-state index contributed by atoms with van der Waals surface area (Å²) in [4.78, 5) is 13.2. The number of hydrogen-bond acceptors (Lipinski definition) is 4. The maximum atomic E-state index is 14.6. The van der Waals surface area contributed by atoms with E-state index in [1.165, 1.54) is 30.3 Å². The monoisotopic (exact) mass is 480 g/mol. The zero-order chi connectivity index (χ0) is 23.3. The molecule has 33 heavy (non-hydrogen) atoms. The number of nitrogens with zero attached hydrogens (tertiary/aromatic N) is 1. The molecule has 1 N–H and O–H groups in total. The summed E-state index contributed by atoms with van der Waals surface area (Å²) < 4.78 is 42.1. The van der Waals surface area contributed by atoms with Crippen LogP contribution in [0.1, 0.15) is 17.2 Å². The first-order chi connectivity index (χ1) is 16.0. The van der Waals surface area contributed by atoms with Crippen LogP contribution in [0, 0.1) is 5.82 Å². The van der Waals surface area contributed by atoms with Gasteiger partial charge in [-0.05, 0) is 34.7 Å². The van der Waals surface area contributed by atoms with Crippen LogP contribution >= 0.6 is 11.3 Å². The quantitative estimate of drug-likeness (QED) is 0.386. The second kappa shape index (κ2) is 9.97. The van der Waals surface area contributed by atoms with Crippen LogP contribution in [0.2, 0.25) is 0 Å². The second-order valence-electron chi connectivity index (χ2n) is 7.22. The molecule has 1 amide bonds. The summed E-state index contributed by atoms with van der Waals surface area (Å²) in [6, 6.07) is 26.8. The lowest BCUT2D eigenvalue weighted by atomic mass is 9.99. The smallest absolute Gasteiger partial charge is 0.274 e. The fraction of sp³-hybridized carbons (Fsp3) is 0.0800. The van der Waals surface area contributed by atoms with E-state index in [1.807, 2.05) is 60.7 Å². The molecule has 0 aliphatic rings. The van der Waals surface area contributed by atoms with Gasteiger partial charge in [-0.2, -0.15) is 0 Å². The summed E-state index contributed by atoms with van der Waals surface area (Å²) in [6.07, 6.45) is 0. The average Bonchev–Trinajstić information content (AvgIpc) is 3.39. The van der Waals surface area contributed by atoms with Gasteiger partial charge in [-0.25, -0.2) is 12.8 Å². The zero-order valence-electron chi connectivity index (χ0n) is 17.5. The number of nitrogens with one attached hydrogen (secondary N) is 1. The third kappa shape index (κ3) is 5.13. The molecule has 1 aromatic heterocycles. The number of anilines is 1. The van der Waals surface area contributed by atoms with Crippen LogP contribution in [-0.4, -0.2) is 20.9 Å². The number of sulfonamides is 1. The van der Waals surface area contributed by atoms with E-state index in [4.69, 9.17) is 0 Å². The standard InChI is InChI=1S/C25H21FN2O3S2/c26-21-14-7-8-15-22(21)28(33(30,31)24-16-9-17-32-24)18-23(29)27-25(19-10-3-1-4-11-19)20-12-5-2-6-13-20/h1-17,25H,18H2,(H,27,29). The van der Waals surface area contributed by atoms with E-state index < -0.39 is 34.3 Å². The van der Waals surface area contributed by atoms with E-state index in [9.17, 15) is 17.6 Å². The van der Waals surface area contributed by atoms with E-state index in [0.29, 0.717) is 0 Å². The van der Waals surface area contributed by atoms with Crippen molar-refractivity contribution in [3.8, 4) is 0 Å². The SMILES string of the molecule is O=C(CN(c1ccccc1F)S(=O)(=O)c1cccs1)NC(c1ccccc1)c1ccccc1. The number of hydrogen-bond donors (Lipinski definition) is 1. The van der Waals surface area contributed by atoms with Gasteiger partial charge in [-0.3, -0.25) is 9.10 Å². The molecule has 0 aliphatic carbocycles. The largest absolute Gasteiger partial charge is 0.344 e. The first-order valence-electron chi connectivity index (χ1n) is 10.2. The number of thiophene rings is 1. The highest BCUT2D eigenvalue weighted by Crippen LogP contribution is 2.29. The summed E-state index contributed by atoms with van der Waals surface area (Å²) in [5, 5.41) is 4.54. The molecule has 0 atom stereocenters. The van der Waals surface area contributed by atoms with Gasteiger partial charge in [-0.15, -0.1) is 11.3 Å². The highest BCUT2D eigenvalue weighted by Gasteiger charge is 2.30. The van der Waals surface area contributed by atoms with Crippen molar-refractivity contribution in [3.05, 3.63) is 119 Å². The lowest BCUT2D eigenvalue weighted by Gasteiger charge is -2.26. The van der Waals surface area contributed by atoms with Gasteiger partial charge in [0.1, 0.15) is 16.6 Å². The predicted molar refractivity (Wildman–Crippen MR) is 128 cm³/mol. The molecule has 8 heteroatoms. The van der Waals surface area contributed by atoms with Gasteiger partial charge < -0.3 is 5.32 Å². The number of halogens is 1. The van der Waals surface area contributed by atoms with Gasteiger partial charge in [-0.1, -0.05) is 78.9 Å². The lowest BCUT2D eigenvalue weighted by Crippen LogP contribution is -2.42. The van der Waals surface area contributed by atoms with Crippen LogP contribution < -0.4 is 9.62 Å². The van der Waals surface area contributed by atoms with Gasteiger partial charge >= 0.3 is 0 Å². The minimum Gasteiger partial charge on any atom is -0.344 e. The number of rotatable bonds is 8. The summed E-state index contributed by atoms with van der Waals surface area (Å²) in [6.45, 7) is -0.572. The third-order valence-corrected chi connectivity index (χ3v) is 8.15. The van der Waals surface area contributed by atoms with Crippen molar-refractivity contribution in [2.45, 2.75) is 10.3 Å². The Kier molecular flexibility index (Phi) is 6.86. The van der Waals surface area contributed by atoms with Crippen LogP contribution in [0.4, 0.5) is 10.1 Å². The average molecular weight is 481 g/mol. The van der Waals surface area contributed by atoms with Crippen molar-refractivity contribution >= 4 is 33.0 Å². The lowest BCUT2D eigenvalue weighted by molar-refractivity contribution is -0.120. The van der Waals surface area contributed by atoms with E-state index in [1.54, 1.807) is 11.4 Å². The van der Waals surface area contributed by atoms with Crippen molar-refractivity contribution < 1.29 is 17.6 Å². The summed E-state index contributed by atoms with van der Waals surface area (Å²) in [5.41, 5.74) is 1.50. The predicted octanol–water partition coefficient (Wildman–Crippen LogP) is 4.99. The molecule has 1 heterocycles. The van der Waals surface area contributed by atoms with Gasteiger partial charge in [0.2, 0.25) is 5.91 Å². The van der Waals surface area contributed by atoms with Crippen LogP contribution in [-0.2, 0) is 14.8 Å². The van der Waals surface area contributed by atoms with Crippen LogP contribution in [0.25, 0.3) is 0 Å². The number of amides is 1. The van der Waals surface area contributed by atoms with Crippen molar-refractivity contribution in [2.75, 3.05) is 10.8 Å². The molecule has 0 aliphatic heterocycles. The summed E-state index contributed by atoms with van der Waals surface area (Å²) in [5.74, 6) is -1.29. The van der Waals surface area contributed by atoms with E-state index in [-0.39, 0.29) is 9.90 Å². The molecule has 5 nitrogen and oxygen atoms in total. The van der Waals surface area contributed by atoms with Crippen molar-refractivity contribution in [1.29, 1.82) is 0 Å². The maximum Gasteiger partial charge on any atom is 0.274 e. The molecule has 0 saturated heterocycles. The Hall–Kier alpha value is -3.49. The molecular weight excluding hydrogens is 459 g/mol. The highest BCUT2D eigenvalue weighted by atomic mass is 32.2. The molecule has 0 unspecified atom stereocenters. The number of carbonyl (C=O) groups excluding carboxylic acids is 1. The molecule has 0 fully saturated rings. The Balaban J connectivity index is 1.67. The molecule has 4 rings (SSSR count). The minimum atomic E-state index is -4.14. The van der Waals surface area contributed by atoms with E-state index in [0.717, 1.165) is 26.8 Å². The zero-order valence-corrected chi connectivity index (χ0v) is 19.1. The van der Waals surface area contributed by atoms with Crippen molar-refractivity contribution in [3.63, 3.8) is 0 Å². The van der Waals surface area contributed by atoms with Gasteiger partial charge in [0.05, 0.1) is 11.7 Å². The Morgan fingerprint density at radius 1 is 0.848 bits per heavy atom. The molecule has 4 aromatic rings. The maximum absolute atomic E-state index is 14.6. The first-order valence-corrected chi connectivity index (χ1v) is 12.5. The molecule has 168 valence electrons. The number of carbonyl (C=O) groups is 1. The molecule has 0 radical (unpaired) electrons. The summed E-state index contributed by atoms with van der Waals surface area (Å²) >= 11 is 1.01. The van der Waals surface area contributed by atoms with E-state index >= 15 is 0 Å². The Labute approximate surface area is 196 Å². The number of para-hydroxylation sites is 1. The Bertz CT molecular complexity index is 1270. The Morgan fingerprint density at radius 2 is 1.42 bits per heavy atom. The van der Waals surface area contributed by atoms with Crippen molar-refractivity contribution in [2.24, 2.45) is 0 Å². The highest BCUT2D eigenvalue weighted by molar-refractivity contribution is 7.94. The van der Waals surface area contributed by atoms with E-state index in [2.05, 4.69) is 5.32 Å². The molecule has 0 spiro atoms. The molecular formula is C25H21FN2O3S2.